The van der Waals surface area contributed by atoms with Crippen molar-refractivity contribution in [2.75, 3.05) is 20.7 Å². The number of carbonyl (C=O) groups is 5. The van der Waals surface area contributed by atoms with Crippen LogP contribution in [0.25, 0.3) is 0 Å². The van der Waals surface area contributed by atoms with Gasteiger partial charge in [0.25, 0.3) is 0 Å². The van der Waals surface area contributed by atoms with Gasteiger partial charge in [0.05, 0.1) is 12.6 Å². The largest absolute Gasteiger partial charge is 0.361 e. The lowest BCUT2D eigenvalue weighted by atomic mass is 9.93. The molecule has 0 radical (unpaired) electrons. The van der Waals surface area contributed by atoms with E-state index in [1.54, 1.807) is 21.0 Å². The summed E-state index contributed by atoms with van der Waals surface area (Å²) < 4.78 is 5.30. The molecule has 4 atom stereocenters. The summed E-state index contributed by atoms with van der Waals surface area (Å²) in [7, 11) is 3.24. The lowest BCUT2D eigenvalue weighted by Crippen LogP contribution is -2.57. The highest BCUT2D eigenvalue weighted by Gasteiger charge is 2.50. The summed E-state index contributed by atoms with van der Waals surface area (Å²) in [6, 6.07) is -2.66. The van der Waals surface area contributed by atoms with Crippen LogP contribution in [0, 0.1) is 11.8 Å². The van der Waals surface area contributed by atoms with Crippen molar-refractivity contribution >= 4 is 29.4 Å². The van der Waals surface area contributed by atoms with Gasteiger partial charge in [0.2, 0.25) is 23.6 Å². The fourth-order valence-corrected chi connectivity index (χ4v) is 3.93. The van der Waals surface area contributed by atoms with Crippen LogP contribution >= 0.6 is 0 Å². The Morgan fingerprint density at radius 1 is 0.892 bits per heavy atom. The van der Waals surface area contributed by atoms with Gasteiger partial charge >= 0.3 is 0 Å². The number of hydrogen-bond acceptors (Lipinski definition) is 6. The smallest absolute Gasteiger partial charge is 0.243 e. The molecule has 1 aliphatic rings. The molecule has 0 aliphatic carbocycles. The molecule has 1 aliphatic heterocycles. The van der Waals surface area contributed by atoms with Crippen LogP contribution in [-0.2, 0) is 28.7 Å². The molecule has 1 unspecified atom stereocenters. The first-order valence-corrected chi connectivity index (χ1v) is 13.5. The average molecular weight is 525 g/mol. The first-order chi connectivity index (χ1) is 17.2. The molecule has 0 saturated carbocycles. The van der Waals surface area contributed by atoms with E-state index in [0.717, 1.165) is 19.3 Å². The number of ether oxygens (including phenoxy) is 1. The molecule has 1 saturated heterocycles. The van der Waals surface area contributed by atoms with E-state index in [9.17, 15) is 24.0 Å². The zero-order chi connectivity index (χ0) is 28.3. The van der Waals surface area contributed by atoms with Gasteiger partial charge < -0.3 is 25.6 Å². The Labute approximate surface area is 222 Å². The monoisotopic (exact) mass is 524 g/mol. The Morgan fingerprint density at radius 3 is 1.97 bits per heavy atom. The molecule has 37 heavy (non-hydrogen) atoms. The highest BCUT2D eigenvalue weighted by molar-refractivity contribution is 5.98. The van der Waals surface area contributed by atoms with E-state index in [1.807, 2.05) is 34.6 Å². The number of rotatable bonds is 17. The topological polar surface area (TPSA) is 137 Å². The summed E-state index contributed by atoms with van der Waals surface area (Å²) in [4.78, 5) is 65.6. The molecule has 0 aromatic heterocycles. The van der Waals surface area contributed by atoms with Crippen LogP contribution in [0.4, 0.5) is 0 Å². The molecular weight excluding hydrogens is 476 g/mol. The lowest BCUT2D eigenvalue weighted by molar-refractivity contribution is -0.135. The zero-order valence-electron chi connectivity index (χ0n) is 23.9. The number of nitrogens with one attached hydrogen (secondary N) is 3. The molecule has 0 bridgehead atoms. The predicted molar refractivity (Wildman–Crippen MR) is 142 cm³/mol. The normalized spacial score (nSPS) is 19.1. The molecule has 1 fully saturated rings. The Morgan fingerprint density at radius 2 is 1.49 bits per heavy atom. The lowest BCUT2D eigenvalue weighted by Gasteiger charge is -2.27. The van der Waals surface area contributed by atoms with Gasteiger partial charge in [-0.1, -0.05) is 47.5 Å². The predicted octanol–water partition coefficient (Wildman–Crippen LogP) is 1.95. The van der Waals surface area contributed by atoms with Gasteiger partial charge in [-0.25, -0.2) is 0 Å². The summed E-state index contributed by atoms with van der Waals surface area (Å²) >= 11 is 0. The maximum atomic E-state index is 13.4. The molecular formula is C27H48N4O6. The van der Waals surface area contributed by atoms with E-state index in [-0.39, 0.29) is 42.3 Å². The molecule has 4 amide bonds. The summed E-state index contributed by atoms with van der Waals surface area (Å²) in [6.07, 6.45) is 3.48. The van der Waals surface area contributed by atoms with Crippen LogP contribution in [0.15, 0.2) is 0 Å². The molecule has 0 aromatic carbocycles. The van der Waals surface area contributed by atoms with Crippen LogP contribution in [0.3, 0.4) is 0 Å². The van der Waals surface area contributed by atoms with Crippen LogP contribution in [0.1, 0.15) is 86.5 Å². The number of hydrogen-bond donors (Lipinski definition) is 3. The van der Waals surface area contributed by atoms with Crippen molar-refractivity contribution in [1.82, 2.24) is 20.9 Å². The van der Waals surface area contributed by atoms with Crippen molar-refractivity contribution in [2.24, 2.45) is 11.8 Å². The number of amides is 4. The molecule has 10 nitrogen and oxygen atoms in total. The van der Waals surface area contributed by atoms with Crippen LogP contribution in [0.5, 0.6) is 0 Å². The Balaban J connectivity index is 3.03. The maximum Gasteiger partial charge on any atom is 0.243 e. The van der Waals surface area contributed by atoms with Gasteiger partial charge in [-0.2, -0.15) is 0 Å². The molecule has 3 N–H and O–H groups in total. The number of unbranched alkanes of at least 4 members (excludes halogenated alkanes) is 2. The van der Waals surface area contributed by atoms with Gasteiger partial charge in [0.1, 0.15) is 17.7 Å². The fourth-order valence-electron chi connectivity index (χ4n) is 3.93. The van der Waals surface area contributed by atoms with Crippen molar-refractivity contribution in [1.29, 1.82) is 0 Å². The van der Waals surface area contributed by atoms with Crippen molar-refractivity contribution < 1.29 is 28.7 Å². The van der Waals surface area contributed by atoms with E-state index in [2.05, 4.69) is 16.0 Å². The molecule has 212 valence electrons. The summed E-state index contributed by atoms with van der Waals surface area (Å²) in [5.41, 5.74) is -0.905. The summed E-state index contributed by atoms with van der Waals surface area (Å²) in [5, 5.41) is 8.33. The van der Waals surface area contributed by atoms with Gasteiger partial charge in [0.15, 0.2) is 5.78 Å². The molecule has 10 heteroatoms. The second kappa shape index (κ2) is 15.1. The summed E-state index contributed by atoms with van der Waals surface area (Å²) in [5.74, 6) is -1.74. The van der Waals surface area contributed by atoms with Crippen molar-refractivity contribution in [3.8, 4) is 0 Å². The maximum absolute atomic E-state index is 13.4. The quantitative estimate of drug-likeness (QED) is 0.196. The van der Waals surface area contributed by atoms with E-state index in [0.29, 0.717) is 19.4 Å². The van der Waals surface area contributed by atoms with Gasteiger partial charge in [-0.15, -0.1) is 0 Å². The number of nitrogens with zero attached hydrogens (tertiary/aromatic N) is 1. The van der Waals surface area contributed by atoms with E-state index < -0.39 is 35.5 Å². The first kappa shape index (κ1) is 32.5. The fraction of sp³-hybridized carbons (Fsp3) is 0.815. The van der Waals surface area contributed by atoms with Crippen LogP contribution < -0.4 is 16.0 Å². The van der Waals surface area contributed by atoms with Gasteiger partial charge in [0, 0.05) is 26.9 Å². The number of epoxide rings is 1. The third-order valence-electron chi connectivity index (χ3n) is 6.49. The Bertz CT molecular complexity index is 807. The minimum atomic E-state index is -1.05. The standard InChI is InChI=1S/C27H48N4O6/c1-9-10-11-12-21(32)30-23(18(4)5)26(36)28-19(13-14-22(33)31(7)8)25(35)29-20(15-17(2)3)24(34)27(6)16-37-27/h17-20,23H,9-16H2,1-8H3,(H,28,36)(H,29,35)(H,30,32)/t19-,20-,23?,27+/m0/s1. The van der Waals surface area contributed by atoms with E-state index >= 15 is 0 Å². The third kappa shape index (κ3) is 11.2. The second-order valence-electron chi connectivity index (χ2n) is 11.2. The minimum absolute atomic E-state index is 0.0324. The highest BCUT2D eigenvalue weighted by atomic mass is 16.6. The van der Waals surface area contributed by atoms with Crippen molar-refractivity contribution in [3.63, 3.8) is 0 Å². The molecule has 1 rings (SSSR count). The molecule has 0 aromatic rings. The molecule has 0 spiro atoms. The molecule has 1 heterocycles. The Kier molecular flexibility index (Phi) is 13.2. The van der Waals surface area contributed by atoms with Gasteiger partial charge in [-0.3, -0.25) is 24.0 Å². The zero-order valence-corrected chi connectivity index (χ0v) is 23.9. The van der Waals surface area contributed by atoms with Gasteiger partial charge in [-0.05, 0) is 38.0 Å². The Hall–Kier alpha value is -2.49. The van der Waals surface area contributed by atoms with E-state index in [1.165, 1.54) is 4.90 Å². The number of carbonyl (C=O) groups excluding carboxylic acids is 5. The third-order valence-corrected chi connectivity index (χ3v) is 6.49. The average Bonchev–Trinajstić information content (AvgIpc) is 3.56. The SMILES string of the molecule is CCCCCC(=O)NC(C(=O)N[C@@H](CCC(=O)N(C)C)C(=O)N[C@@H](CC(C)C)C(=O)[C@@]1(C)CO1)C(C)C. The number of Topliss-reactive ketones (excluding diaryl/α,β-unsaturated/α-hetero) is 1. The minimum Gasteiger partial charge on any atom is -0.361 e. The van der Waals surface area contributed by atoms with Crippen LogP contribution in [-0.4, -0.2) is 78.7 Å². The van der Waals surface area contributed by atoms with E-state index in [4.69, 9.17) is 4.74 Å². The summed E-state index contributed by atoms with van der Waals surface area (Å²) in [6.45, 7) is 11.6. The second-order valence-corrected chi connectivity index (χ2v) is 11.2. The van der Waals surface area contributed by atoms with Crippen LogP contribution in [0.2, 0.25) is 0 Å². The van der Waals surface area contributed by atoms with Crippen molar-refractivity contribution in [3.05, 3.63) is 0 Å². The van der Waals surface area contributed by atoms with Crippen molar-refractivity contribution in [2.45, 2.75) is 110 Å². The first-order valence-electron chi connectivity index (χ1n) is 13.5. The number of ketones is 1. The highest BCUT2D eigenvalue weighted by Crippen LogP contribution is 2.29.